The smallest absolute Gasteiger partial charge is 0.251 e. The topological polar surface area (TPSA) is 136 Å². The van der Waals surface area contributed by atoms with Crippen molar-refractivity contribution in [2.75, 3.05) is 13.1 Å². The molecule has 10 heteroatoms. The van der Waals surface area contributed by atoms with Crippen molar-refractivity contribution in [1.82, 2.24) is 24.5 Å². The van der Waals surface area contributed by atoms with Gasteiger partial charge in [0.25, 0.3) is 5.91 Å². The van der Waals surface area contributed by atoms with Crippen LogP contribution in [0.4, 0.5) is 0 Å². The molecule has 0 spiro atoms. The molecule has 1 saturated heterocycles. The van der Waals surface area contributed by atoms with Crippen LogP contribution in [0.3, 0.4) is 0 Å². The summed E-state index contributed by atoms with van der Waals surface area (Å²) in [5.41, 5.74) is 10.9. The lowest BCUT2D eigenvalue weighted by molar-refractivity contribution is -0.141. The number of piperidine rings is 1. The number of benzene rings is 1. The van der Waals surface area contributed by atoms with Crippen LogP contribution >= 0.6 is 0 Å². The number of ether oxygens (including phenoxy) is 1. The lowest BCUT2D eigenvalue weighted by atomic mass is 10.1. The molecule has 1 aliphatic rings. The van der Waals surface area contributed by atoms with Crippen molar-refractivity contribution < 1.29 is 19.4 Å². The van der Waals surface area contributed by atoms with Crippen LogP contribution in [-0.2, 0) is 11.3 Å². The highest BCUT2D eigenvalue weighted by atomic mass is 16.5. The van der Waals surface area contributed by atoms with Gasteiger partial charge in [-0.3, -0.25) is 14.6 Å². The second-order valence-corrected chi connectivity index (χ2v) is 9.41. The summed E-state index contributed by atoms with van der Waals surface area (Å²) in [7, 11) is 0. The lowest BCUT2D eigenvalue weighted by Gasteiger charge is -2.33. The molecule has 0 bridgehead atoms. The number of amides is 1. The third-order valence-electron chi connectivity index (χ3n) is 6.79. The zero-order valence-electron chi connectivity index (χ0n) is 21.4. The summed E-state index contributed by atoms with van der Waals surface area (Å²) in [6, 6.07) is 13.8. The zero-order valence-corrected chi connectivity index (χ0v) is 21.4. The van der Waals surface area contributed by atoms with Crippen molar-refractivity contribution in [3.05, 3.63) is 66.1 Å². The summed E-state index contributed by atoms with van der Waals surface area (Å²) in [4.78, 5) is 35.8. The maximum Gasteiger partial charge on any atom is 0.251 e. The summed E-state index contributed by atoms with van der Waals surface area (Å²) in [5.74, 6) is -0.308. The number of hydrogen-bond acceptors (Lipinski definition) is 8. The van der Waals surface area contributed by atoms with Crippen LogP contribution in [0.25, 0.3) is 28.0 Å². The number of carbonyl (C=O) groups is 2. The van der Waals surface area contributed by atoms with Gasteiger partial charge in [-0.05, 0) is 19.9 Å². The second kappa shape index (κ2) is 10.7. The SMILES string of the molecule is CC(=O)c1c(OC2CCN(C(=O)[C@@H](C)O)CC2)nc2c(-c3ccc(-c4ccccc4)nc3)cnn2c1CN. The Balaban J connectivity index is 1.48. The number of Topliss-reactive ketones (excluding diaryl/α,β-unsaturated/α-hetero) is 1. The molecule has 196 valence electrons. The van der Waals surface area contributed by atoms with Crippen LogP contribution in [0.2, 0.25) is 0 Å². The number of nitrogens with two attached hydrogens (primary N) is 1. The fourth-order valence-electron chi connectivity index (χ4n) is 4.81. The number of carbonyl (C=O) groups excluding carboxylic acids is 2. The van der Waals surface area contributed by atoms with Gasteiger partial charge in [-0.15, -0.1) is 0 Å². The predicted octanol–water partition coefficient (Wildman–Crippen LogP) is 2.87. The molecule has 38 heavy (non-hydrogen) atoms. The number of likely N-dealkylation sites (tertiary alicyclic amines) is 1. The number of aromatic nitrogens is 4. The number of hydrogen-bond donors (Lipinski definition) is 2. The largest absolute Gasteiger partial charge is 0.474 e. The molecule has 0 saturated carbocycles. The molecule has 1 fully saturated rings. The Bertz CT molecular complexity index is 1460. The Morgan fingerprint density at radius 1 is 1.11 bits per heavy atom. The molecule has 4 aromatic rings. The summed E-state index contributed by atoms with van der Waals surface area (Å²) in [6.07, 6.45) is 3.29. The molecule has 0 unspecified atom stereocenters. The molecule has 3 aromatic heterocycles. The molecule has 1 atom stereocenters. The van der Waals surface area contributed by atoms with Crippen molar-refractivity contribution in [3.8, 4) is 28.3 Å². The summed E-state index contributed by atoms with van der Waals surface area (Å²) in [6.45, 7) is 3.89. The van der Waals surface area contributed by atoms with Crippen LogP contribution in [0.1, 0.15) is 42.7 Å². The normalized spacial score (nSPS) is 15.0. The maximum atomic E-state index is 12.7. The van der Waals surface area contributed by atoms with Gasteiger partial charge in [0.1, 0.15) is 17.8 Å². The Morgan fingerprint density at radius 2 is 1.84 bits per heavy atom. The summed E-state index contributed by atoms with van der Waals surface area (Å²) < 4.78 is 7.87. The van der Waals surface area contributed by atoms with E-state index in [9.17, 15) is 14.7 Å². The van der Waals surface area contributed by atoms with Gasteiger partial charge in [-0.2, -0.15) is 10.1 Å². The highest BCUT2D eigenvalue weighted by Crippen LogP contribution is 2.31. The van der Waals surface area contributed by atoms with Gasteiger partial charge in [0.05, 0.1) is 17.6 Å². The van der Waals surface area contributed by atoms with E-state index in [1.165, 1.54) is 13.8 Å². The number of aliphatic hydroxyl groups is 1. The minimum absolute atomic E-state index is 0.0674. The molecule has 3 N–H and O–H groups in total. The number of ketones is 1. The fourth-order valence-corrected chi connectivity index (χ4v) is 4.81. The van der Waals surface area contributed by atoms with Gasteiger partial charge in [-0.25, -0.2) is 4.52 Å². The fraction of sp³-hybridized carbons (Fsp3) is 0.321. The molecule has 1 aromatic carbocycles. The van der Waals surface area contributed by atoms with Crippen molar-refractivity contribution in [3.63, 3.8) is 0 Å². The van der Waals surface area contributed by atoms with E-state index in [2.05, 4.69) is 10.1 Å². The van der Waals surface area contributed by atoms with E-state index in [1.807, 2.05) is 42.5 Å². The monoisotopic (exact) mass is 514 g/mol. The van der Waals surface area contributed by atoms with Gasteiger partial charge in [0.15, 0.2) is 11.4 Å². The van der Waals surface area contributed by atoms with Crippen LogP contribution in [0.5, 0.6) is 5.88 Å². The molecule has 4 heterocycles. The van der Waals surface area contributed by atoms with E-state index in [1.54, 1.807) is 21.8 Å². The first-order valence-electron chi connectivity index (χ1n) is 12.6. The first kappa shape index (κ1) is 25.5. The molecular formula is C28H30N6O4. The Morgan fingerprint density at radius 3 is 2.45 bits per heavy atom. The number of rotatable bonds is 7. The number of fused-ring (bicyclic) bond motifs is 1. The van der Waals surface area contributed by atoms with Crippen LogP contribution in [0, 0.1) is 0 Å². The van der Waals surface area contributed by atoms with Gasteiger partial charge in [0.2, 0.25) is 5.88 Å². The second-order valence-electron chi connectivity index (χ2n) is 9.41. The zero-order chi connectivity index (χ0) is 26.8. The molecule has 10 nitrogen and oxygen atoms in total. The van der Waals surface area contributed by atoms with E-state index in [0.29, 0.717) is 42.8 Å². The lowest BCUT2D eigenvalue weighted by Crippen LogP contribution is -2.45. The standard InChI is InChI=1S/C28H30N6O4/c1-17(35)25-24(14-29)34-26(32-27(25)38-21-10-12-33(13-11-21)28(37)18(2)36)22(16-31-34)20-8-9-23(30-15-20)19-6-4-3-5-7-19/h3-9,15-16,18,21,36H,10-14,29H2,1-2H3/t18-/m1/s1. The molecule has 0 radical (unpaired) electrons. The minimum Gasteiger partial charge on any atom is -0.474 e. The maximum absolute atomic E-state index is 12.7. The van der Waals surface area contributed by atoms with Crippen LogP contribution < -0.4 is 10.5 Å². The van der Waals surface area contributed by atoms with Gasteiger partial charge >= 0.3 is 0 Å². The Hall–Kier alpha value is -4.15. The highest BCUT2D eigenvalue weighted by molar-refractivity contribution is 5.98. The first-order valence-corrected chi connectivity index (χ1v) is 12.6. The van der Waals surface area contributed by atoms with Crippen molar-refractivity contribution >= 4 is 17.3 Å². The van der Waals surface area contributed by atoms with Crippen LogP contribution in [0.15, 0.2) is 54.9 Å². The first-order chi connectivity index (χ1) is 18.4. The van der Waals surface area contributed by atoms with Gasteiger partial charge in [-0.1, -0.05) is 36.4 Å². The number of pyridine rings is 1. The summed E-state index contributed by atoms with van der Waals surface area (Å²) >= 11 is 0. The number of aliphatic hydroxyl groups excluding tert-OH is 1. The van der Waals surface area contributed by atoms with E-state index in [-0.39, 0.29) is 30.2 Å². The molecule has 0 aliphatic carbocycles. The van der Waals surface area contributed by atoms with Crippen molar-refractivity contribution in [2.24, 2.45) is 5.73 Å². The third-order valence-corrected chi connectivity index (χ3v) is 6.79. The van der Waals surface area contributed by atoms with Crippen LogP contribution in [-0.4, -0.2) is 66.6 Å². The Kier molecular flexibility index (Phi) is 7.17. The average Bonchev–Trinajstić information content (AvgIpc) is 3.36. The quantitative estimate of drug-likeness (QED) is 0.359. The van der Waals surface area contributed by atoms with E-state index in [4.69, 9.17) is 15.5 Å². The van der Waals surface area contributed by atoms with E-state index in [0.717, 1.165) is 22.4 Å². The minimum atomic E-state index is -1.04. The summed E-state index contributed by atoms with van der Waals surface area (Å²) in [5, 5.41) is 14.1. The molecule has 1 aliphatic heterocycles. The molecular weight excluding hydrogens is 484 g/mol. The van der Waals surface area contributed by atoms with E-state index >= 15 is 0 Å². The number of nitrogens with zero attached hydrogens (tertiary/aromatic N) is 5. The van der Waals surface area contributed by atoms with Crippen molar-refractivity contribution in [1.29, 1.82) is 0 Å². The average molecular weight is 515 g/mol. The van der Waals surface area contributed by atoms with Crippen molar-refractivity contribution in [2.45, 2.75) is 45.4 Å². The molecule has 1 amide bonds. The highest BCUT2D eigenvalue weighted by Gasteiger charge is 2.29. The Labute approximate surface area is 220 Å². The van der Waals surface area contributed by atoms with Gasteiger partial charge in [0, 0.05) is 55.4 Å². The van der Waals surface area contributed by atoms with Gasteiger partial charge < -0.3 is 20.5 Å². The molecule has 5 rings (SSSR count). The predicted molar refractivity (Wildman–Crippen MR) is 141 cm³/mol. The van der Waals surface area contributed by atoms with E-state index < -0.39 is 6.10 Å². The third kappa shape index (κ3) is 4.88.